The van der Waals surface area contributed by atoms with Crippen LogP contribution in [0.3, 0.4) is 0 Å². The fourth-order valence-electron chi connectivity index (χ4n) is 2.69. The number of carbonyl (C=O) groups is 1. The van der Waals surface area contributed by atoms with Gasteiger partial charge in [-0.1, -0.05) is 17.7 Å². The summed E-state index contributed by atoms with van der Waals surface area (Å²) in [5.74, 6) is -0.0644. The third-order valence-electron chi connectivity index (χ3n) is 4.11. The normalized spacial score (nSPS) is 17.2. The molecule has 1 atom stereocenters. The van der Waals surface area contributed by atoms with E-state index in [1.165, 1.54) is 0 Å². The average Bonchev–Trinajstić information content (AvgIpc) is 3.11. The summed E-state index contributed by atoms with van der Waals surface area (Å²) in [6.45, 7) is 2.76. The standard InChI is InChI=1S/C18H21N3O3S/c1-13-4-10-16(11-5-13)25(23,24)21-15-8-6-14(7-9-15)20-18(22)17-3-2-12-19-17/h4-11,17,19,21H,2-3,12H2,1H3,(H,20,22)/t17-/m0/s1. The second-order valence-corrected chi connectivity index (χ2v) is 7.82. The van der Waals surface area contributed by atoms with E-state index in [4.69, 9.17) is 0 Å². The second-order valence-electron chi connectivity index (χ2n) is 6.13. The van der Waals surface area contributed by atoms with Gasteiger partial charge in [0.15, 0.2) is 0 Å². The van der Waals surface area contributed by atoms with Gasteiger partial charge in [0.2, 0.25) is 5.91 Å². The molecular weight excluding hydrogens is 338 g/mol. The molecule has 1 fully saturated rings. The summed E-state index contributed by atoms with van der Waals surface area (Å²) in [6.07, 6.45) is 1.83. The minimum absolute atomic E-state index is 0.0644. The molecule has 1 heterocycles. The molecule has 0 unspecified atom stereocenters. The zero-order valence-electron chi connectivity index (χ0n) is 14.0. The van der Waals surface area contributed by atoms with Gasteiger partial charge in [-0.25, -0.2) is 8.42 Å². The third kappa shape index (κ3) is 4.37. The van der Waals surface area contributed by atoms with Gasteiger partial charge >= 0.3 is 0 Å². The predicted octanol–water partition coefficient (Wildman–Crippen LogP) is 2.49. The SMILES string of the molecule is Cc1ccc(S(=O)(=O)Nc2ccc(NC(=O)[C@@H]3CCCN3)cc2)cc1. The molecule has 0 saturated carbocycles. The summed E-state index contributed by atoms with van der Waals surface area (Å²) in [4.78, 5) is 12.3. The van der Waals surface area contributed by atoms with E-state index in [0.717, 1.165) is 24.9 Å². The van der Waals surface area contributed by atoms with Gasteiger partial charge in [-0.3, -0.25) is 9.52 Å². The van der Waals surface area contributed by atoms with Crippen LogP contribution >= 0.6 is 0 Å². The largest absolute Gasteiger partial charge is 0.325 e. The molecule has 1 aliphatic rings. The molecule has 132 valence electrons. The summed E-state index contributed by atoms with van der Waals surface area (Å²) in [6, 6.07) is 13.1. The number of hydrogen-bond donors (Lipinski definition) is 3. The molecule has 1 amide bonds. The first-order chi connectivity index (χ1) is 11.9. The average molecular weight is 359 g/mol. The van der Waals surface area contributed by atoms with Gasteiger partial charge in [0.05, 0.1) is 10.9 Å². The Bertz CT molecular complexity index is 840. The predicted molar refractivity (Wildman–Crippen MR) is 98.1 cm³/mol. The topological polar surface area (TPSA) is 87.3 Å². The van der Waals surface area contributed by atoms with Crippen LogP contribution in [0.5, 0.6) is 0 Å². The molecule has 25 heavy (non-hydrogen) atoms. The maximum Gasteiger partial charge on any atom is 0.261 e. The molecule has 0 radical (unpaired) electrons. The van der Waals surface area contributed by atoms with E-state index in [-0.39, 0.29) is 16.8 Å². The molecular formula is C18H21N3O3S. The molecule has 3 N–H and O–H groups in total. The van der Waals surface area contributed by atoms with Crippen molar-refractivity contribution in [3.8, 4) is 0 Å². The summed E-state index contributed by atoms with van der Waals surface area (Å²) >= 11 is 0. The Kier molecular flexibility index (Phi) is 5.06. The number of hydrogen-bond acceptors (Lipinski definition) is 4. The molecule has 2 aromatic rings. The monoisotopic (exact) mass is 359 g/mol. The van der Waals surface area contributed by atoms with Gasteiger partial charge in [0.25, 0.3) is 10.0 Å². The zero-order valence-corrected chi connectivity index (χ0v) is 14.8. The van der Waals surface area contributed by atoms with Crippen molar-refractivity contribution in [2.75, 3.05) is 16.6 Å². The number of rotatable bonds is 5. The van der Waals surface area contributed by atoms with E-state index in [0.29, 0.717) is 11.4 Å². The molecule has 3 rings (SSSR count). The van der Waals surface area contributed by atoms with Gasteiger partial charge in [-0.2, -0.15) is 0 Å². The lowest BCUT2D eigenvalue weighted by Gasteiger charge is -2.12. The number of anilines is 2. The van der Waals surface area contributed by atoms with E-state index in [1.807, 2.05) is 6.92 Å². The Labute approximate surface area is 147 Å². The summed E-state index contributed by atoms with van der Waals surface area (Å²) in [5, 5.41) is 5.97. The number of aryl methyl sites for hydroxylation is 1. The van der Waals surface area contributed by atoms with Crippen molar-refractivity contribution in [3.63, 3.8) is 0 Å². The molecule has 7 heteroatoms. The summed E-state index contributed by atoms with van der Waals surface area (Å²) in [7, 11) is -3.63. The van der Waals surface area contributed by atoms with Gasteiger partial charge < -0.3 is 10.6 Å². The fraction of sp³-hybridized carbons (Fsp3) is 0.278. The molecule has 0 aromatic heterocycles. The van der Waals surface area contributed by atoms with Crippen LogP contribution in [0, 0.1) is 6.92 Å². The van der Waals surface area contributed by atoms with E-state index in [1.54, 1.807) is 48.5 Å². The zero-order chi connectivity index (χ0) is 17.9. The van der Waals surface area contributed by atoms with Crippen LogP contribution in [0.2, 0.25) is 0 Å². The Hall–Kier alpha value is -2.38. The number of nitrogens with one attached hydrogen (secondary N) is 3. The number of benzene rings is 2. The van der Waals surface area contributed by atoms with Gasteiger partial charge in [0.1, 0.15) is 0 Å². The van der Waals surface area contributed by atoms with Crippen LogP contribution in [0.25, 0.3) is 0 Å². The number of carbonyl (C=O) groups excluding carboxylic acids is 1. The lowest BCUT2D eigenvalue weighted by atomic mass is 10.2. The van der Waals surface area contributed by atoms with Gasteiger partial charge in [-0.05, 0) is 62.7 Å². The van der Waals surface area contributed by atoms with E-state index in [9.17, 15) is 13.2 Å². The molecule has 0 aliphatic carbocycles. The Balaban J connectivity index is 1.65. The van der Waals surface area contributed by atoms with Crippen LogP contribution in [0.1, 0.15) is 18.4 Å². The Morgan fingerprint density at radius 3 is 2.28 bits per heavy atom. The minimum Gasteiger partial charge on any atom is -0.325 e. The highest BCUT2D eigenvalue weighted by atomic mass is 32.2. The first-order valence-corrected chi connectivity index (χ1v) is 9.66. The van der Waals surface area contributed by atoms with Gasteiger partial charge in [-0.15, -0.1) is 0 Å². The van der Waals surface area contributed by atoms with Crippen molar-refractivity contribution in [3.05, 3.63) is 54.1 Å². The van der Waals surface area contributed by atoms with Crippen LogP contribution in [0.4, 0.5) is 11.4 Å². The van der Waals surface area contributed by atoms with Gasteiger partial charge in [0, 0.05) is 11.4 Å². The minimum atomic E-state index is -3.63. The number of amides is 1. The van der Waals surface area contributed by atoms with Crippen molar-refractivity contribution < 1.29 is 13.2 Å². The highest BCUT2D eigenvalue weighted by Gasteiger charge is 2.21. The second kappa shape index (κ2) is 7.25. The number of sulfonamides is 1. The van der Waals surface area contributed by atoms with Crippen molar-refractivity contribution in [1.82, 2.24) is 5.32 Å². The summed E-state index contributed by atoms with van der Waals surface area (Å²) < 4.78 is 27.3. The first kappa shape index (κ1) is 17.4. The van der Waals surface area contributed by atoms with Crippen LogP contribution in [0.15, 0.2) is 53.4 Å². The molecule has 1 saturated heterocycles. The van der Waals surface area contributed by atoms with Crippen LogP contribution < -0.4 is 15.4 Å². The highest BCUT2D eigenvalue weighted by molar-refractivity contribution is 7.92. The molecule has 2 aromatic carbocycles. The lowest BCUT2D eigenvalue weighted by molar-refractivity contribution is -0.117. The van der Waals surface area contributed by atoms with E-state index in [2.05, 4.69) is 15.4 Å². The third-order valence-corrected chi connectivity index (χ3v) is 5.51. The van der Waals surface area contributed by atoms with Crippen molar-refractivity contribution in [2.24, 2.45) is 0 Å². The van der Waals surface area contributed by atoms with Crippen LogP contribution in [-0.4, -0.2) is 26.9 Å². The van der Waals surface area contributed by atoms with Crippen molar-refractivity contribution in [1.29, 1.82) is 0 Å². The molecule has 1 aliphatic heterocycles. The quantitative estimate of drug-likeness (QED) is 0.765. The first-order valence-electron chi connectivity index (χ1n) is 8.18. The molecule has 0 spiro atoms. The molecule has 0 bridgehead atoms. The summed E-state index contributed by atoms with van der Waals surface area (Å²) in [5.41, 5.74) is 2.07. The lowest BCUT2D eigenvalue weighted by Crippen LogP contribution is -2.35. The van der Waals surface area contributed by atoms with E-state index >= 15 is 0 Å². The van der Waals surface area contributed by atoms with Crippen molar-refractivity contribution >= 4 is 27.3 Å². The smallest absolute Gasteiger partial charge is 0.261 e. The van der Waals surface area contributed by atoms with Crippen LogP contribution in [-0.2, 0) is 14.8 Å². The maximum absolute atomic E-state index is 12.4. The van der Waals surface area contributed by atoms with Crippen molar-refractivity contribution in [2.45, 2.75) is 30.7 Å². The molecule has 6 nitrogen and oxygen atoms in total. The Morgan fingerprint density at radius 1 is 1.04 bits per heavy atom. The highest BCUT2D eigenvalue weighted by Crippen LogP contribution is 2.19. The fourth-order valence-corrected chi connectivity index (χ4v) is 3.75. The Morgan fingerprint density at radius 2 is 1.68 bits per heavy atom. The maximum atomic E-state index is 12.4. The van der Waals surface area contributed by atoms with E-state index < -0.39 is 10.0 Å².